The summed E-state index contributed by atoms with van der Waals surface area (Å²) in [7, 11) is -3.04. The predicted molar refractivity (Wildman–Crippen MR) is 113 cm³/mol. The summed E-state index contributed by atoms with van der Waals surface area (Å²) >= 11 is 13.9. The van der Waals surface area contributed by atoms with E-state index in [1.54, 1.807) is 11.8 Å². The molecule has 0 aromatic heterocycles. The second-order valence-electron chi connectivity index (χ2n) is 6.76. The van der Waals surface area contributed by atoms with Crippen molar-refractivity contribution in [3.8, 4) is 0 Å². The molecule has 0 radical (unpaired) electrons. The van der Waals surface area contributed by atoms with Crippen LogP contribution in [0.15, 0.2) is 53.5 Å². The number of fused-ring (bicyclic) bond motifs is 1. The summed E-state index contributed by atoms with van der Waals surface area (Å²) in [5.74, 6) is 1.03. The number of aliphatic imine (C=N–C) groups is 1. The number of hydrogen-bond acceptors (Lipinski definition) is 5. The van der Waals surface area contributed by atoms with Crippen molar-refractivity contribution in [2.24, 2.45) is 4.99 Å². The molecule has 2 aromatic rings. The molecule has 27 heavy (non-hydrogen) atoms. The summed E-state index contributed by atoms with van der Waals surface area (Å²) in [5, 5.41) is 2.28. The van der Waals surface area contributed by atoms with Crippen LogP contribution in [-0.4, -0.2) is 42.1 Å². The summed E-state index contributed by atoms with van der Waals surface area (Å²) in [4.78, 5) is 6.85. The minimum atomic E-state index is -3.04. The molecular weight excluding hydrogens is 423 g/mol. The summed E-state index contributed by atoms with van der Waals surface area (Å²) in [6.45, 7) is 0.558. The Bertz CT molecular complexity index is 977. The van der Waals surface area contributed by atoms with Gasteiger partial charge in [-0.2, -0.15) is 0 Å². The van der Waals surface area contributed by atoms with E-state index >= 15 is 0 Å². The van der Waals surface area contributed by atoms with Crippen molar-refractivity contribution in [3.63, 3.8) is 0 Å². The molecule has 142 valence electrons. The SMILES string of the molecule is O=S1(=O)C[C@@H]2N=C(SCc3ccc(Cl)cc3)N(Cc3ccccc3Cl)[C@@H]2C1. The van der Waals surface area contributed by atoms with Crippen LogP contribution in [0.2, 0.25) is 10.0 Å². The van der Waals surface area contributed by atoms with Crippen molar-refractivity contribution < 1.29 is 8.42 Å². The first kappa shape index (κ1) is 19.1. The largest absolute Gasteiger partial charge is 0.341 e. The van der Waals surface area contributed by atoms with Crippen molar-refractivity contribution in [1.29, 1.82) is 0 Å². The van der Waals surface area contributed by atoms with Gasteiger partial charge in [0.05, 0.1) is 23.6 Å². The third kappa shape index (κ3) is 4.29. The van der Waals surface area contributed by atoms with E-state index in [2.05, 4.69) is 4.90 Å². The van der Waals surface area contributed by atoms with Crippen molar-refractivity contribution in [1.82, 2.24) is 4.90 Å². The number of rotatable bonds is 4. The van der Waals surface area contributed by atoms with E-state index < -0.39 is 9.84 Å². The Labute approximate surface area is 173 Å². The van der Waals surface area contributed by atoms with Gasteiger partial charge in [0.1, 0.15) is 0 Å². The van der Waals surface area contributed by atoms with Gasteiger partial charge >= 0.3 is 0 Å². The maximum atomic E-state index is 12.1. The van der Waals surface area contributed by atoms with Crippen LogP contribution in [0.5, 0.6) is 0 Å². The lowest BCUT2D eigenvalue weighted by Crippen LogP contribution is -2.38. The molecule has 0 spiro atoms. The highest BCUT2D eigenvalue weighted by Crippen LogP contribution is 2.34. The van der Waals surface area contributed by atoms with Gasteiger partial charge in [0.25, 0.3) is 0 Å². The van der Waals surface area contributed by atoms with Gasteiger partial charge in [-0.1, -0.05) is 65.3 Å². The third-order valence-corrected chi connectivity index (χ3v) is 8.19. The van der Waals surface area contributed by atoms with E-state index in [1.807, 2.05) is 48.5 Å². The molecule has 0 N–H and O–H groups in total. The Morgan fingerprint density at radius 2 is 1.81 bits per heavy atom. The van der Waals surface area contributed by atoms with Crippen LogP contribution in [0, 0.1) is 0 Å². The van der Waals surface area contributed by atoms with E-state index in [0.717, 1.165) is 22.0 Å². The van der Waals surface area contributed by atoms with Crippen LogP contribution in [0.4, 0.5) is 0 Å². The molecule has 8 heteroatoms. The number of thioether (sulfide) groups is 1. The topological polar surface area (TPSA) is 49.7 Å². The second-order valence-corrected chi connectivity index (χ2v) is 10.7. The van der Waals surface area contributed by atoms with Gasteiger partial charge in [-0.15, -0.1) is 0 Å². The Balaban J connectivity index is 1.55. The predicted octanol–water partition coefficient (Wildman–Crippen LogP) is 4.26. The molecule has 0 unspecified atom stereocenters. The molecule has 0 bridgehead atoms. The standard InChI is InChI=1S/C19H18Cl2N2O2S2/c20-15-7-5-13(6-8-15)10-26-19-22-17-11-27(24,25)12-18(17)23(19)9-14-3-1-2-4-16(14)21/h1-8,17-18H,9-12H2/t17-,18+/m0/s1. The molecule has 2 heterocycles. The maximum absolute atomic E-state index is 12.1. The van der Waals surface area contributed by atoms with Crippen LogP contribution in [0.25, 0.3) is 0 Å². The highest BCUT2D eigenvalue weighted by atomic mass is 35.5. The average molecular weight is 441 g/mol. The molecule has 1 fully saturated rings. The fourth-order valence-electron chi connectivity index (χ4n) is 3.43. The molecule has 0 saturated carbocycles. The Morgan fingerprint density at radius 3 is 2.56 bits per heavy atom. The van der Waals surface area contributed by atoms with Gasteiger partial charge < -0.3 is 4.90 Å². The van der Waals surface area contributed by atoms with Crippen LogP contribution in [-0.2, 0) is 22.1 Å². The Morgan fingerprint density at radius 1 is 1.07 bits per heavy atom. The highest BCUT2D eigenvalue weighted by Gasteiger charge is 2.46. The summed E-state index contributed by atoms with van der Waals surface area (Å²) in [6, 6.07) is 15.1. The summed E-state index contributed by atoms with van der Waals surface area (Å²) in [5.41, 5.74) is 2.12. The van der Waals surface area contributed by atoms with Gasteiger partial charge in [0.15, 0.2) is 15.0 Å². The number of hydrogen-bond donors (Lipinski definition) is 0. The van der Waals surface area contributed by atoms with Gasteiger partial charge in [0.2, 0.25) is 0 Å². The first-order valence-corrected chi connectivity index (χ1v) is 12.1. The smallest absolute Gasteiger partial charge is 0.160 e. The molecule has 4 nitrogen and oxygen atoms in total. The van der Waals surface area contributed by atoms with E-state index in [-0.39, 0.29) is 23.6 Å². The molecule has 0 aliphatic carbocycles. The van der Waals surface area contributed by atoms with E-state index in [9.17, 15) is 8.42 Å². The first-order chi connectivity index (χ1) is 12.9. The monoisotopic (exact) mass is 440 g/mol. The van der Waals surface area contributed by atoms with Crippen molar-refractivity contribution >= 4 is 50.0 Å². The zero-order chi connectivity index (χ0) is 19.0. The van der Waals surface area contributed by atoms with E-state index in [1.165, 1.54) is 0 Å². The fraction of sp³-hybridized carbons (Fsp3) is 0.316. The van der Waals surface area contributed by atoms with Crippen molar-refractivity contribution in [2.45, 2.75) is 24.4 Å². The minimum absolute atomic E-state index is 0.112. The Kier molecular flexibility index (Phi) is 5.43. The third-order valence-electron chi connectivity index (χ3n) is 4.80. The zero-order valence-electron chi connectivity index (χ0n) is 14.4. The molecule has 2 aliphatic heterocycles. The average Bonchev–Trinajstić information content (AvgIpc) is 3.09. The van der Waals surface area contributed by atoms with Gasteiger partial charge in [-0.3, -0.25) is 4.99 Å². The lowest BCUT2D eigenvalue weighted by Gasteiger charge is -2.27. The molecule has 4 rings (SSSR count). The normalized spacial score (nSPS) is 23.3. The summed E-state index contributed by atoms with van der Waals surface area (Å²) in [6.07, 6.45) is 0. The highest BCUT2D eigenvalue weighted by molar-refractivity contribution is 8.13. The van der Waals surface area contributed by atoms with Gasteiger partial charge in [-0.05, 0) is 29.3 Å². The summed E-state index contributed by atoms with van der Waals surface area (Å²) < 4.78 is 24.2. The minimum Gasteiger partial charge on any atom is -0.341 e. The number of benzene rings is 2. The second kappa shape index (κ2) is 7.66. The molecule has 2 atom stereocenters. The molecular formula is C19H18Cl2N2O2S2. The van der Waals surface area contributed by atoms with Crippen LogP contribution < -0.4 is 0 Å². The fourth-order valence-corrected chi connectivity index (χ4v) is 6.69. The van der Waals surface area contributed by atoms with Crippen molar-refractivity contribution in [3.05, 3.63) is 69.7 Å². The first-order valence-electron chi connectivity index (χ1n) is 8.57. The van der Waals surface area contributed by atoms with E-state index in [0.29, 0.717) is 16.6 Å². The Hall–Kier alpha value is -1.21. The quantitative estimate of drug-likeness (QED) is 0.712. The molecule has 2 aromatic carbocycles. The van der Waals surface area contributed by atoms with E-state index in [4.69, 9.17) is 28.2 Å². The molecule has 0 amide bonds. The maximum Gasteiger partial charge on any atom is 0.160 e. The molecule has 1 saturated heterocycles. The van der Waals surface area contributed by atoms with Crippen LogP contribution in [0.3, 0.4) is 0 Å². The lowest BCUT2D eigenvalue weighted by atomic mass is 10.1. The number of sulfone groups is 1. The number of halogens is 2. The van der Waals surface area contributed by atoms with Crippen molar-refractivity contribution in [2.75, 3.05) is 11.5 Å². The zero-order valence-corrected chi connectivity index (χ0v) is 17.5. The molecule has 2 aliphatic rings. The lowest BCUT2D eigenvalue weighted by molar-refractivity contribution is 0.343. The number of amidine groups is 1. The van der Waals surface area contributed by atoms with Gasteiger partial charge in [0, 0.05) is 22.3 Å². The number of nitrogens with zero attached hydrogens (tertiary/aromatic N) is 2. The van der Waals surface area contributed by atoms with Crippen LogP contribution >= 0.6 is 35.0 Å². The van der Waals surface area contributed by atoms with Gasteiger partial charge in [-0.25, -0.2) is 8.42 Å². The van der Waals surface area contributed by atoms with Crippen LogP contribution in [0.1, 0.15) is 11.1 Å².